The maximum atomic E-state index is 12.6. The van der Waals surface area contributed by atoms with Gasteiger partial charge in [-0.25, -0.2) is 4.79 Å². The number of aryl methyl sites for hydroxylation is 2. The lowest BCUT2D eigenvalue weighted by molar-refractivity contribution is -0.118. The number of ether oxygens (including phenoxy) is 2. The van der Waals surface area contributed by atoms with Crippen LogP contribution in [0.25, 0.3) is 11.1 Å². The largest absolute Gasteiger partial charge is 0.483 e. The number of hydrogen-bond donors (Lipinski definition) is 1. The van der Waals surface area contributed by atoms with Crippen LogP contribution in [0.15, 0.2) is 47.8 Å². The van der Waals surface area contributed by atoms with E-state index in [1.807, 2.05) is 43.5 Å². The summed E-state index contributed by atoms with van der Waals surface area (Å²) in [6, 6.07) is 13.0. The van der Waals surface area contributed by atoms with Crippen molar-refractivity contribution in [2.24, 2.45) is 0 Å². The number of halogens is 1. The van der Waals surface area contributed by atoms with Gasteiger partial charge < -0.3 is 14.8 Å². The van der Waals surface area contributed by atoms with Gasteiger partial charge in [0.1, 0.15) is 16.3 Å². The summed E-state index contributed by atoms with van der Waals surface area (Å²) in [7, 11) is 0. The van der Waals surface area contributed by atoms with Gasteiger partial charge in [0.15, 0.2) is 6.61 Å². The molecular weight excluding hydrogens is 422 g/mol. The molecule has 0 aliphatic rings. The predicted octanol–water partition coefficient (Wildman–Crippen LogP) is 5.88. The number of amides is 1. The summed E-state index contributed by atoms with van der Waals surface area (Å²) in [5.41, 5.74) is 3.91. The predicted molar refractivity (Wildman–Crippen MR) is 121 cm³/mol. The monoisotopic (exact) mass is 443 g/mol. The lowest BCUT2D eigenvalue weighted by Crippen LogP contribution is -2.21. The minimum Gasteiger partial charge on any atom is -0.483 e. The van der Waals surface area contributed by atoms with Crippen LogP contribution in [-0.2, 0) is 9.53 Å². The maximum Gasteiger partial charge on any atom is 0.341 e. The molecule has 0 aliphatic heterocycles. The first-order chi connectivity index (χ1) is 14.4. The van der Waals surface area contributed by atoms with Crippen LogP contribution >= 0.6 is 22.9 Å². The molecule has 0 saturated carbocycles. The quantitative estimate of drug-likeness (QED) is 0.463. The summed E-state index contributed by atoms with van der Waals surface area (Å²) >= 11 is 7.22. The van der Waals surface area contributed by atoms with Crippen molar-refractivity contribution in [1.82, 2.24) is 0 Å². The van der Waals surface area contributed by atoms with E-state index in [4.69, 9.17) is 21.1 Å². The molecule has 0 unspecified atom stereocenters. The van der Waals surface area contributed by atoms with Crippen LogP contribution in [0.4, 0.5) is 5.00 Å². The molecule has 3 rings (SSSR count). The third kappa shape index (κ3) is 5.20. The fourth-order valence-corrected chi connectivity index (χ4v) is 4.08. The SMILES string of the molecule is CCOC(=O)c1c(-c2ccc(C)cc2)csc1NC(=O)COc1ccc(Cl)cc1C. The fraction of sp³-hybridized carbons (Fsp3) is 0.217. The van der Waals surface area contributed by atoms with Crippen molar-refractivity contribution in [3.8, 4) is 16.9 Å². The second-order valence-corrected chi connectivity index (χ2v) is 8.00. The average molecular weight is 444 g/mol. The molecule has 0 saturated heterocycles. The molecule has 0 bridgehead atoms. The Morgan fingerprint density at radius 3 is 2.50 bits per heavy atom. The molecule has 3 aromatic rings. The zero-order valence-electron chi connectivity index (χ0n) is 17.0. The highest BCUT2D eigenvalue weighted by molar-refractivity contribution is 7.15. The maximum absolute atomic E-state index is 12.6. The minimum absolute atomic E-state index is 0.192. The van der Waals surface area contributed by atoms with Gasteiger partial charge >= 0.3 is 5.97 Å². The highest BCUT2D eigenvalue weighted by Crippen LogP contribution is 2.36. The first-order valence-corrected chi connectivity index (χ1v) is 10.7. The van der Waals surface area contributed by atoms with Crippen LogP contribution in [0.3, 0.4) is 0 Å². The zero-order valence-corrected chi connectivity index (χ0v) is 18.5. The van der Waals surface area contributed by atoms with E-state index in [1.165, 1.54) is 11.3 Å². The van der Waals surface area contributed by atoms with Crippen molar-refractivity contribution in [3.63, 3.8) is 0 Å². The van der Waals surface area contributed by atoms with Crippen LogP contribution in [0, 0.1) is 13.8 Å². The Balaban J connectivity index is 1.79. The van der Waals surface area contributed by atoms with E-state index in [0.29, 0.717) is 21.3 Å². The van der Waals surface area contributed by atoms with Gasteiger partial charge in [-0.1, -0.05) is 41.4 Å². The van der Waals surface area contributed by atoms with Crippen LogP contribution in [0.5, 0.6) is 5.75 Å². The topological polar surface area (TPSA) is 64.6 Å². The first-order valence-electron chi connectivity index (χ1n) is 9.43. The Hall–Kier alpha value is -2.83. The third-order valence-electron chi connectivity index (χ3n) is 4.38. The van der Waals surface area contributed by atoms with E-state index < -0.39 is 5.97 Å². The van der Waals surface area contributed by atoms with E-state index in [1.54, 1.807) is 25.1 Å². The smallest absolute Gasteiger partial charge is 0.341 e. The molecule has 1 N–H and O–H groups in total. The van der Waals surface area contributed by atoms with Crippen LogP contribution in [0.1, 0.15) is 28.4 Å². The van der Waals surface area contributed by atoms with Gasteiger partial charge in [0, 0.05) is 16.0 Å². The van der Waals surface area contributed by atoms with Gasteiger partial charge in [0.2, 0.25) is 0 Å². The van der Waals surface area contributed by atoms with Crippen molar-refractivity contribution < 1.29 is 19.1 Å². The number of hydrogen-bond acceptors (Lipinski definition) is 5. The first kappa shape index (κ1) is 21.9. The van der Waals surface area contributed by atoms with Crippen LogP contribution in [0.2, 0.25) is 5.02 Å². The Bertz CT molecular complexity index is 1060. The summed E-state index contributed by atoms with van der Waals surface area (Å²) in [5, 5.41) is 5.66. The summed E-state index contributed by atoms with van der Waals surface area (Å²) in [5.74, 6) is -0.266. The number of benzene rings is 2. The molecule has 5 nitrogen and oxygen atoms in total. The molecule has 30 heavy (non-hydrogen) atoms. The van der Waals surface area contributed by atoms with Crippen molar-refractivity contribution in [3.05, 3.63) is 69.6 Å². The molecule has 0 spiro atoms. The number of nitrogens with one attached hydrogen (secondary N) is 1. The Labute approximate surface area is 184 Å². The highest BCUT2D eigenvalue weighted by Gasteiger charge is 2.23. The minimum atomic E-state index is -0.473. The number of esters is 1. The number of carbonyl (C=O) groups excluding carboxylic acids is 2. The number of thiophene rings is 1. The van der Waals surface area contributed by atoms with Crippen molar-refractivity contribution in [2.45, 2.75) is 20.8 Å². The Morgan fingerprint density at radius 2 is 1.83 bits per heavy atom. The molecule has 0 radical (unpaired) electrons. The molecule has 0 fully saturated rings. The molecule has 156 valence electrons. The number of carbonyl (C=O) groups is 2. The van der Waals surface area contributed by atoms with Gasteiger partial charge in [0.25, 0.3) is 5.91 Å². The fourth-order valence-electron chi connectivity index (χ4n) is 2.88. The standard InChI is InChI=1S/C23H22ClNO4S/c1-4-28-23(27)21-18(16-7-5-14(2)6-8-16)13-30-22(21)25-20(26)12-29-19-10-9-17(24)11-15(19)3/h5-11,13H,4,12H2,1-3H3,(H,25,26). The lowest BCUT2D eigenvalue weighted by atomic mass is 10.0. The normalized spacial score (nSPS) is 10.5. The third-order valence-corrected chi connectivity index (χ3v) is 5.51. The molecular formula is C23H22ClNO4S. The van der Waals surface area contributed by atoms with Gasteiger partial charge in [-0.05, 0) is 50.1 Å². The second kappa shape index (κ2) is 9.78. The van der Waals surface area contributed by atoms with Gasteiger partial charge in [0.05, 0.1) is 6.61 Å². The van der Waals surface area contributed by atoms with Crippen molar-refractivity contribution >= 4 is 39.8 Å². The van der Waals surface area contributed by atoms with Crippen molar-refractivity contribution in [2.75, 3.05) is 18.5 Å². The molecule has 0 atom stereocenters. The van der Waals surface area contributed by atoms with E-state index in [-0.39, 0.29) is 19.1 Å². The van der Waals surface area contributed by atoms with E-state index in [9.17, 15) is 9.59 Å². The molecule has 1 amide bonds. The van der Waals surface area contributed by atoms with Crippen LogP contribution < -0.4 is 10.1 Å². The lowest BCUT2D eigenvalue weighted by Gasteiger charge is -2.11. The summed E-state index contributed by atoms with van der Waals surface area (Å²) < 4.78 is 10.8. The average Bonchev–Trinajstić information content (AvgIpc) is 3.11. The summed E-state index contributed by atoms with van der Waals surface area (Å²) in [6.07, 6.45) is 0. The zero-order chi connectivity index (χ0) is 21.7. The van der Waals surface area contributed by atoms with Gasteiger partial charge in [-0.3, -0.25) is 4.79 Å². The number of rotatable bonds is 7. The second-order valence-electron chi connectivity index (χ2n) is 6.69. The summed E-state index contributed by atoms with van der Waals surface area (Å²) in [6.45, 7) is 5.65. The van der Waals surface area contributed by atoms with Gasteiger partial charge in [-0.15, -0.1) is 11.3 Å². The van der Waals surface area contributed by atoms with Gasteiger partial charge in [-0.2, -0.15) is 0 Å². The highest BCUT2D eigenvalue weighted by atomic mass is 35.5. The molecule has 1 aromatic heterocycles. The summed E-state index contributed by atoms with van der Waals surface area (Å²) in [4.78, 5) is 25.1. The van der Waals surface area contributed by atoms with E-state index in [2.05, 4.69) is 5.32 Å². The Kier molecular flexibility index (Phi) is 7.13. The molecule has 7 heteroatoms. The van der Waals surface area contributed by atoms with Crippen LogP contribution in [-0.4, -0.2) is 25.1 Å². The Morgan fingerprint density at radius 1 is 1.10 bits per heavy atom. The molecule has 2 aromatic carbocycles. The molecule has 1 heterocycles. The van der Waals surface area contributed by atoms with E-state index >= 15 is 0 Å². The number of anilines is 1. The molecule has 0 aliphatic carbocycles. The van der Waals surface area contributed by atoms with Crippen molar-refractivity contribution in [1.29, 1.82) is 0 Å². The van der Waals surface area contributed by atoms with E-state index in [0.717, 1.165) is 22.3 Å².